The molecule has 0 aromatic carbocycles. The normalized spacial score (nSPS) is 12.9. The summed E-state index contributed by atoms with van der Waals surface area (Å²) in [6, 6.07) is 0. The Kier molecular flexibility index (Phi) is 3.24. The van der Waals surface area contributed by atoms with Crippen molar-refractivity contribution >= 4 is 26.1 Å². The third-order valence-electron chi connectivity index (χ3n) is 1.66. The molecule has 1 rings (SSSR count). The van der Waals surface area contributed by atoms with Gasteiger partial charge in [-0.1, -0.05) is 0 Å². The molecule has 0 bridgehead atoms. The molecule has 0 saturated heterocycles. The van der Waals surface area contributed by atoms with Gasteiger partial charge in [-0.2, -0.15) is 21.8 Å². The monoisotopic (exact) mass is 285 g/mol. The molecule has 0 unspecified atom stereocenters. The average molecular weight is 285 g/mol. The SMILES string of the molecule is Nc1nc(=O)[nH]cc1C(S(=O)(=O)O)S(=O)(=O)O. The van der Waals surface area contributed by atoms with Crippen molar-refractivity contribution in [1.82, 2.24) is 9.97 Å². The van der Waals surface area contributed by atoms with Crippen molar-refractivity contribution in [2.75, 3.05) is 5.73 Å². The first kappa shape index (κ1) is 13.6. The third kappa shape index (κ3) is 3.00. The molecule has 10 nitrogen and oxygen atoms in total. The van der Waals surface area contributed by atoms with Crippen LogP contribution < -0.4 is 11.4 Å². The summed E-state index contributed by atoms with van der Waals surface area (Å²) in [6.45, 7) is 0. The van der Waals surface area contributed by atoms with Crippen LogP contribution in [-0.2, 0) is 20.2 Å². The van der Waals surface area contributed by atoms with Crippen LogP contribution in [0, 0.1) is 0 Å². The minimum atomic E-state index is -5.19. The van der Waals surface area contributed by atoms with Crippen LogP contribution in [0.1, 0.15) is 10.1 Å². The van der Waals surface area contributed by atoms with Gasteiger partial charge < -0.3 is 10.7 Å². The van der Waals surface area contributed by atoms with Crippen molar-refractivity contribution in [3.8, 4) is 0 Å². The molecule has 96 valence electrons. The van der Waals surface area contributed by atoms with Gasteiger partial charge in [0.1, 0.15) is 5.82 Å². The molecule has 0 atom stereocenters. The number of anilines is 1. The van der Waals surface area contributed by atoms with E-state index in [9.17, 15) is 21.6 Å². The Morgan fingerprint density at radius 1 is 1.24 bits per heavy atom. The Hall–Kier alpha value is -1.50. The molecule has 5 N–H and O–H groups in total. The zero-order chi connectivity index (χ0) is 13.4. The minimum Gasteiger partial charge on any atom is -0.383 e. The molecule has 1 aromatic rings. The number of aromatic amines is 1. The number of H-pyrrole nitrogens is 1. The highest BCUT2D eigenvalue weighted by Crippen LogP contribution is 2.28. The highest BCUT2D eigenvalue weighted by molar-refractivity contribution is 8.03. The van der Waals surface area contributed by atoms with Crippen molar-refractivity contribution in [2.45, 2.75) is 4.58 Å². The van der Waals surface area contributed by atoms with Crippen molar-refractivity contribution in [1.29, 1.82) is 0 Å². The standard InChI is InChI=1S/C5H7N3O7S2/c6-3-2(1-7-5(9)8-3)4(16(10,11)12)17(13,14)15/h1,4H,(H,10,11,12)(H,13,14,15)(H3,6,7,8,9). The lowest BCUT2D eigenvalue weighted by Crippen LogP contribution is -2.25. The van der Waals surface area contributed by atoms with Crippen molar-refractivity contribution in [2.24, 2.45) is 0 Å². The molecule has 0 aliphatic heterocycles. The fourth-order valence-corrected chi connectivity index (χ4v) is 3.33. The number of nitrogens with zero attached hydrogens (tertiary/aromatic N) is 1. The van der Waals surface area contributed by atoms with Gasteiger partial charge in [0.05, 0.1) is 0 Å². The van der Waals surface area contributed by atoms with E-state index in [0.717, 1.165) is 0 Å². The lowest BCUT2D eigenvalue weighted by molar-refractivity contribution is 0.456. The number of aromatic nitrogens is 2. The van der Waals surface area contributed by atoms with Gasteiger partial charge in [-0.05, 0) is 0 Å². The summed E-state index contributed by atoms with van der Waals surface area (Å²) >= 11 is 0. The molecule has 0 aliphatic carbocycles. The molecule has 0 fully saturated rings. The Morgan fingerprint density at radius 2 is 1.71 bits per heavy atom. The molecule has 1 aromatic heterocycles. The molecule has 0 radical (unpaired) electrons. The number of nitrogen functional groups attached to an aromatic ring is 1. The van der Waals surface area contributed by atoms with Gasteiger partial charge in [-0.15, -0.1) is 0 Å². The number of nitrogens with two attached hydrogens (primary N) is 1. The van der Waals surface area contributed by atoms with Gasteiger partial charge in [-0.3, -0.25) is 9.11 Å². The van der Waals surface area contributed by atoms with Gasteiger partial charge >= 0.3 is 5.69 Å². The van der Waals surface area contributed by atoms with Crippen molar-refractivity contribution < 1.29 is 25.9 Å². The Morgan fingerprint density at radius 3 is 2.06 bits per heavy atom. The molecular weight excluding hydrogens is 278 g/mol. The van der Waals surface area contributed by atoms with E-state index in [4.69, 9.17) is 14.8 Å². The number of hydrogen-bond donors (Lipinski definition) is 4. The van der Waals surface area contributed by atoms with Crippen molar-refractivity contribution in [3.63, 3.8) is 0 Å². The predicted octanol–water partition coefficient (Wildman–Crippen LogP) is -1.87. The molecule has 12 heteroatoms. The second-order valence-electron chi connectivity index (χ2n) is 2.91. The van der Waals surface area contributed by atoms with E-state index >= 15 is 0 Å². The molecule has 0 amide bonds. The summed E-state index contributed by atoms with van der Waals surface area (Å²) in [5, 5.41) is 0. The number of hydrogen-bond acceptors (Lipinski definition) is 7. The van der Waals surface area contributed by atoms with Crippen LogP contribution in [0.4, 0.5) is 5.82 Å². The van der Waals surface area contributed by atoms with E-state index in [2.05, 4.69) is 4.98 Å². The van der Waals surface area contributed by atoms with E-state index in [-0.39, 0.29) is 0 Å². The topological polar surface area (TPSA) is 181 Å². The Balaban J connectivity index is 3.61. The smallest absolute Gasteiger partial charge is 0.346 e. The summed E-state index contributed by atoms with van der Waals surface area (Å²) < 4.78 is 58.1. The number of nitrogens with one attached hydrogen (secondary N) is 1. The maximum atomic E-state index is 10.9. The van der Waals surface area contributed by atoms with Gasteiger partial charge in [0.2, 0.25) is 4.58 Å². The second-order valence-corrected chi connectivity index (χ2v) is 6.21. The molecule has 0 saturated carbocycles. The summed E-state index contributed by atoms with van der Waals surface area (Å²) in [6.07, 6.45) is 0.622. The zero-order valence-electron chi connectivity index (χ0n) is 7.93. The maximum Gasteiger partial charge on any atom is 0.346 e. The first-order valence-electron chi connectivity index (χ1n) is 3.81. The maximum absolute atomic E-state index is 10.9. The summed E-state index contributed by atoms with van der Waals surface area (Å²) in [7, 11) is -10.4. The minimum absolute atomic E-state index is 0.622. The van der Waals surface area contributed by atoms with Gasteiger partial charge in [-0.25, -0.2) is 4.79 Å². The lowest BCUT2D eigenvalue weighted by Gasteiger charge is -2.11. The first-order valence-corrected chi connectivity index (χ1v) is 6.82. The largest absolute Gasteiger partial charge is 0.383 e. The Labute approximate surface area is 95.0 Å². The fourth-order valence-electron chi connectivity index (χ4n) is 1.08. The third-order valence-corrected chi connectivity index (χ3v) is 4.71. The van der Waals surface area contributed by atoms with E-state index in [0.29, 0.717) is 6.20 Å². The van der Waals surface area contributed by atoms with Crippen molar-refractivity contribution in [3.05, 3.63) is 22.2 Å². The molecular formula is C5H7N3O7S2. The lowest BCUT2D eigenvalue weighted by atomic mass is 10.3. The molecule has 0 aliphatic rings. The quantitative estimate of drug-likeness (QED) is 0.462. The summed E-state index contributed by atoms with van der Waals surface area (Å²) in [5.74, 6) is -0.742. The summed E-state index contributed by atoms with van der Waals surface area (Å²) in [4.78, 5) is 15.6. The number of rotatable bonds is 3. The first-order chi connectivity index (χ1) is 7.53. The van der Waals surface area contributed by atoms with Crippen LogP contribution in [0.3, 0.4) is 0 Å². The van der Waals surface area contributed by atoms with E-state index in [1.165, 1.54) is 0 Å². The van der Waals surface area contributed by atoms with E-state index in [1.54, 1.807) is 0 Å². The summed E-state index contributed by atoms with van der Waals surface area (Å²) in [5.41, 5.74) is 3.43. The zero-order valence-corrected chi connectivity index (χ0v) is 9.56. The van der Waals surface area contributed by atoms with Crippen LogP contribution in [0.15, 0.2) is 11.0 Å². The van der Waals surface area contributed by atoms with Crippen LogP contribution in [0.2, 0.25) is 0 Å². The van der Waals surface area contributed by atoms with Crippen LogP contribution in [-0.4, -0.2) is 35.9 Å². The van der Waals surface area contributed by atoms with Crippen LogP contribution in [0.5, 0.6) is 0 Å². The Bertz CT molecular complexity index is 656. The predicted molar refractivity (Wildman–Crippen MR) is 55.1 cm³/mol. The fraction of sp³-hybridized carbons (Fsp3) is 0.200. The van der Waals surface area contributed by atoms with Gasteiger partial charge in [0.15, 0.2) is 0 Å². The highest BCUT2D eigenvalue weighted by Gasteiger charge is 2.39. The average Bonchev–Trinajstić information content (AvgIpc) is 2.04. The van der Waals surface area contributed by atoms with Crippen LogP contribution >= 0.6 is 0 Å². The van der Waals surface area contributed by atoms with E-state index < -0.39 is 41.9 Å². The highest BCUT2D eigenvalue weighted by atomic mass is 32.3. The van der Waals surface area contributed by atoms with Gasteiger partial charge in [0.25, 0.3) is 20.2 Å². The van der Waals surface area contributed by atoms with Gasteiger partial charge in [0, 0.05) is 11.8 Å². The molecule has 17 heavy (non-hydrogen) atoms. The van der Waals surface area contributed by atoms with E-state index in [1.807, 2.05) is 4.98 Å². The van der Waals surface area contributed by atoms with Crippen LogP contribution in [0.25, 0.3) is 0 Å². The molecule has 0 spiro atoms. The second kappa shape index (κ2) is 4.06. The molecule has 1 heterocycles.